The lowest BCUT2D eigenvalue weighted by Crippen LogP contribution is -2.42. The van der Waals surface area contributed by atoms with Crippen LogP contribution in [0.1, 0.15) is 51.7 Å². The van der Waals surface area contributed by atoms with Crippen LogP contribution in [-0.4, -0.2) is 57.7 Å². The highest BCUT2D eigenvalue weighted by molar-refractivity contribution is 5.93. The van der Waals surface area contributed by atoms with Crippen molar-refractivity contribution in [2.75, 3.05) is 24.6 Å². The number of carbonyl (C=O) groups excluding carboxylic acids is 1. The molecule has 1 aliphatic rings. The van der Waals surface area contributed by atoms with Crippen LogP contribution >= 0.6 is 0 Å². The lowest BCUT2D eigenvalue weighted by molar-refractivity contribution is 0.0696. The molecule has 2 N–H and O–H groups in total. The predicted molar refractivity (Wildman–Crippen MR) is 133 cm³/mol. The van der Waals surface area contributed by atoms with Gasteiger partial charge in [-0.1, -0.05) is 12.1 Å². The monoisotopic (exact) mass is 491 g/mol. The van der Waals surface area contributed by atoms with Crippen LogP contribution in [0.2, 0.25) is 0 Å². The summed E-state index contributed by atoms with van der Waals surface area (Å²) in [5.74, 6) is 0.562. The molecule has 1 saturated heterocycles. The Kier molecular flexibility index (Phi) is 7.94. The summed E-state index contributed by atoms with van der Waals surface area (Å²) in [6.07, 6.45) is 6.08. The summed E-state index contributed by atoms with van der Waals surface area (Å²) in [5, 5.41) is 11.9. The van der Waals surface area contributed by atoms with Gasteiger partial charge in [0, 0.05) is 37.4 Å². The van der Waals surface area contributed by atoms with E-state index in [2.05, 4.69) is 20.3 Å². The molecule has 1 aromatic carbocycles. The van der Waals surface area contributed by atoms with Gasteiger partial charge in [-0.05, 0) is 50.5 Å². The number of rotatable bonds is 9. The van der Waals surface area contributed by atoms with E-state index in [1.807, 2.05) is 36.1 Å². The normalized spacial score (nSPS) is 15.3. The van der Waals surface area contributed by atoms with Gasteiger partial charge in [-0.15, -0.1) is 0 Å². The molecule has 0 unspecified atom stereocenters. The minimum atomic E-state index is -1.07. The maximum atomic E-state index is 12.6. The first kappa shape index (κ1) is 24.9. The third kappa shape index (κ3) is 6.07. The molecule has 1 fully saturated rings. The van der Waals surface area contributed by atoms with E-state index in [-0.39, 0.29) is 24.1 Å². The Balaban J connectivity index is 1.36. The van der Waals surface area contributed by atoms with Gasteiger partial charge in [0.2, 0.25) is 5.95 Å². The number of aromatic carboxylic acids is 1. The van der Waals surface area contributed by atoms with Crippen molar-refractivity contribution in [3.8, 4) is 11.5 Å². The number of nitrogens with one attached hydrogen (secondary N) is 1. The second kappa shape index (κ2) is 11.5. The number of hydrogen-bond acceptors (Lipinski definition) is 8. The minimum Gasteiger partial charge on any atom is -0.490 e. The molecule has 188 valence electrons. The van der Waals surface area contributed by atoms with Crippen LogP contribution in [0.25, 0.3) is 0 Å². The average Bonchev–Trinajstić information content (AvgIpc) is 2.89. The van der Waals surface area contributed by atoms with Crippen LogP contribution < -0.4 is 19.7 Å². The van der Waals surface area contributed by atoms with E-state index >= 15 is 0 Å². The molecule has 0 spiro atoms. The number of nitrogens with zero attached hydrogens (tertiary/aromatic N) is 4. The highest BCUT2D eigenvalue weighted by Gasteiger charge is 2.24. The highest BCUT2D eigenvalue weighted by atomic mass is 16.5. The molecule has 3 heterocycles. The zero-order valence-corrected chi connectivity index (χ0v) is 20.3. The van der Waals surface area contributed by atoms with Gasteiger partial charge in [0.1, 0.15) is 6.10 Å². The number of aryl methyl sites for hydroxylation is 1. The number of benzene rings is 1. The number of carbonyl (C=O) groups is 2. The number of anilines is 1. The summed E-state index contributed by atoms with van der Waals surface area (Å²) in [6, 6.07) is 9.15. The van der Waals surface area contributed by atoms with Gasteiger partial charge in [0.05, 0.1) is 24.3 Å². The molecule has 2 aromatic heterocycles. The van der Waals surface area contributed by atoms with E-state index in [9.17, 15) is 9.59 Å². The Bertz CT molecular complexity index is 1220. The molecular weight excluding hydrogens is 462 g/mol. The molecule has 4 rings (SSSR count). The van der Waals surface area contributed by atoms with E-state index in [1.165, 1.54) is 24.7 Å². The zero-order chi connectivity index (χ0) is 25.5. The van der Waals surface area contributed by atoms with Gasteiger partial charge < -0.3 is 24.8 Å². The Morgan fingerprint density at radius 3 is 2.56 bits per heavy atom. The standard InChI is InChI=1S/C26H29N5O5/c1-3-35-22-8-4-5-9-23(22)36-21-7-6-10-31(16-21)26-29-14-20(15-30-26)24(32)28-12-18-11-19(25(33)34)13-27-17(18)2/h4-5,8-9,11,13-15,21H,3,6-7,10,12,16H2,1-2H3,(H,28,32)(H,33,34)/t21-/m1/s1. The molecule has 1 aliphatic heterocycles. The van der Waals surface area contributed by atoms with E-state index in [0.717, 1.165) is 30.9 Å². The maximum Gasteiger partial charge on any atom is 0.337 e. The Hall–Kier alpha value is -4.21. The molecule has 10 nitrogen and oxygen atoms in total. The number of carboxylic acid groups (broad SMARTS) is 1. The summed E-state index contributed by atoms with van der Waals surface area (Å²) in [7, 11) is 0. The molecule has 1 amide bonds. The molecule has 0 radical (unpaired) electrons. The summed E-state index contributed by atoms with van der Waals surface area (Å²) >= 11 is 0. The number of piperidine rings is 1. The van der Waals surface area contributed by atoms with Gasteiger partial charge in [-0.25, -0.2) is 14.8 Å². The van der Waals surface area contributed by atoms with E-state index in [4.69, 9.17) is 14.6 Å². The molecule has 0 bridgehead atoms. The van der Waals surface area contributed by atoms with Crippen molar-refractivity contribution in [2.24, 2.45) is 0 Å². The molecule has 10 heteroatoms. The molecule has 1 atom stereocenters. The number of hydrogen-bond donors (Lipinski definition) is 2. The second-order valence-corrected chi connectivity index (χ2v) is 8.44. The van der Waals surface area contributed by atoms with Crippen molar-refractivity contribution >= 4 is 17.8 Å². The van der Waals surface area contributed by atoms with Crippen molar-refractivity contribution in [1.29, 1.82) is 0 Å². The first-order valence-electron chi connectivity index (χ1n) is 11.9. The fourth-order valence-corrected chi connectivity index (χ4v) is 3.97. The topological polar surface area (TPSA) is 127 Å². The first-order chi connectivity index (χ1) is 17.4. The Morgan fingerprint density at radius 2 is 1.83 bits per heavy atom. The molecule has 3 aromatic rings. The van der Waals surface area contributed by atoms with Crippen LogP contribution in [-0.2, 0) is 6.54 Å². The number of pyridine rings is 1. The number of carboxylic acids is 1. The lowest BCUT2D eigenvalue weighted by atomic mass is 10.1. The van der Waals surface area contributed by atoms with Crippen molar-refractivity contribution in [2.45, 2.75) is 39.3 Å². The van der Waals surface area contributed by atoms with E-state index < -0.39 is 5.97 Å². The van der Waals surface area contributed by atoms with Crippen molar-refractivity contribution in [3.05, 3.63) is 71.3 Å². The summed E-state index contributed by atoms with van der Waals surface area (Å²) in [4.78, 5) is 38.7. The number of amides is 1. The highest BCUT2D eigenvalue weighted by Crippen LogP contribution is 2.29. The smallest absolute Gasteiger partial charge is 0.337 e. The summed E-state index contributed by atoms with van der Waals surface area (Å²) in [5.41, 5.74) is 1.67. The van der Waals surface area contributed by atoms with Crippen LogP contribution in [0, 0.1) is 6.92 Å². The van der Waals surface area contributed by atoms with Crippen LogP contribution in [0.5, 0.6) is 11.5 Å². The van der Waals surface area contributed by atoms with Gasteiger partial charge in [0.15, 0.2) is 11.5 Å². The average molecular weight is 492 g/mol. The largest absolute Gasteiger partial charge is 0.490 e. The van der Waals surface area contributed by atoms with Crippen molar-refractivity contribution < 1.29 is 24.2 Å². The lowest BCUT2D eigenvalue weighted by Gasteiger charge is -2.33. The molecular formula is C26H29N5O5. The van der Waals surface area contributed by atoms with Crippen LogP contribution in [0.3, 0.4) is 0 Å². The van der Waals surface area contributed by atoms with E-state index in [1.54, 1.807) is 6.92 Å². The predicted octanol–water partition coefficient (Wildman–Crippen LogP) is 3.25. The molecule has 36 heavy (non-hydrogen) atoms. The zero-order valence-electron chi connectivity index (χ0n) is 20.3. The van der Waals surface area contributed by atoms with Crippen LogP contribution in [0.4, 0.5) is 5.95 Å². The molecule has 0 saturated carbocycles. The van der Waals surface area contributed by atoms with Crippen molar-refractivity contribution in [1.82, 2.24) is 20.3 Å². The van der Waals surface area contributed by atoms with Gasteiger partial charge >= 0.3 is 5.97 Å². The third-order valence-corrected chi connectivity index (χ3v) is 5.88. The van der Waals surface area contributed by atoms with Gasteiger partial charge in [-0.3, -0.25) is 9.78 Å². The minimum absolute atomic E-state index is 0.0367. The maximum absolute atomic E-state index is 12.6. The fraction of sp³-hybridized carbons (Fsp3) is 0.346. The third-order valence-electron chi connectivity index (χ3n) is 5.88. The fourth-order valence-electron chi connectivity index (χ4n) is 3.97. The quantitative estimate of drug-likeness (QED) is 0.464. The number of para-hydroxylation sites is 2. The second-order valence-electron chi connectivity index (χ2n) is 8.44. The number of ether oxygens (including phenoxy) is 2. The van der Waals surface area contributed by atoms with Crippen LogP contribution in [0.15, 0.2) is 48.9 Å². The van der Waals surface area contributed by atoms with Gasteiger partial charge in [0.25, 0.3) is 5.91 Å². The first-order valence-corrected chi connectivity index (χ1v) is 11.9. The summed E-state index contributed by atoms with van der Waals surface area (Å²) in [6.45, 7) is 5.83. The Labute approximate surface area is 209 Å². The van der Waals surface area contributed by atoms with E-state index in [0.29, 0.717) is 35.9 Å². The summed E-state index contributed by atoms with van der Waals surface area (Å²) < 4.78 is 11.9. The molecule has 0 aliphatic carbocycles. The Morgan fingerprint density at radius 1 is 1.11 bits per heavy atom. The van der Waals surface area contributed by atoms with Gasteiger partial charge in [-0.2, -0.15) is 0 Å². The number of aromatic nitrogens is 3. The van der Waals surface area contributed by atoms with Crippen molar-refractivity contribution in [3.63, 3.8) is 0 Å². The SMILES string of the molecule is CCOc1ccccc1O[C@@H]1CCCN(c2ncc(C(=O)NCc3cc(C(=O)O)cnc3C)cn2)C1.